The Morgan fingerprint density at radius 2 is 1.23 bits per heavy atom. The van der Waals surface area contributed by atoms with Crippen LogP contribution in [0, 0.1) is 11.6 Å². The van der Waals surface area contributed by atoms with Crippen molar-refractivity contribution in [2.45, 2.75) is 0 Å². The highest BCUT2D eigenvalue weighted by molar-refractivity contribution is 5.72. The second-order valence-corrected chi connectivity index (χ2v) is 7.01. The first kappa shape index (κ1) is 27.0. The number of halogens is 4. The summed E-state index contributed by atoms with van der Waals surface area (Å²) in [5, 5.41) is 9.37. The molecule has 3 nitrogen and oxygen atoms in total. The molecule has 35 heavy (non-hydrogen) atoms. The summed E-state index contributed by atoms with van der Waals surface area (Å²) in [6.07, 6.45) is 0. The van der Waals surface area contributed by atoms with Gasteiger partial charge in [0.15, 0.2) is 23.3 Å². The Bertz CT molecular complexity index is 1230. The Hall–Kier alpha value is -4.26. The molecule has 0 spiro atoms. The molecule has 0 saturated carbocycles. The van der Waals surface area contributed by atoms with Gasteiger partial charge in [-0.1, -0.05) is 49.6 Å². The van der Waals surface area contributed by atoms with Crippen LogP contribution in [0.15, 0.2) is 110 Å². The standard InChI is InChI=1S/C26H20F4O3.C2H4/c1-15(23(27)24(28)16(2)32-3)14-33-20-10-6-18(7-11-20)22-13-12-21(25(29)26(22)30)17-4-8-19(31)9-5-17;1-2/h4-13,31H,1-2,14H2,3H3;1-2H2/b24-23-;. The van der Waals surface area contributed by atoms with Crippen LogP contribution in [0.5, 0.6) is 11.5 Å². The van der Waals surface area contributed by atoms with Crippen LogP contribution in [0.1, 0.15) is 0 Å². The predicted octanol–water partition coefficient (Wildman–Crippen LogP) is 8.05. The van der Waals surface area contributed by atoms with E-state index in [1.165, 1.54) is 60.7 Å². The Morgan fingerprint density at radius 3 is 1.69 bits per heavy atom. The number of hydrogen-bond acceptors (Lipinski definition) is 3. The summed E-state index contributed by atoms with van der Waals surface area (Å²) in [5.74, 6) is -4.70. The van der Waals surface area contributed by atoms with Crippen LogP contribution in [0.2, 0.25) is 0 Å². The van der Waals surface area contributed by atoms with Gasteiger partial charge in [-0.3, -0.25) is 0 Å². The molecule has 0 fully saturated rings. The van der Waals surface area contributed by atoms with Gasteiger partial charge in [0.05, 0.1) is 7.11 Å². The molecule has 0 atom stereocenters. The number of phenolic OH excluding ortho intramolecular Hbond substituents is 1. The Morgan fingerprint density at radius 1 is 0.771 bits per heavy atom. The highest BCUT2D eigenvalue weighted by Crippen LogP contribution is 2.33. The molecular weight excluding hydrogens is 460 g/mol. The van der Waals surface area contributed by atoms with E-state index in [2.05, 4.69) is 31.1 Å². The molecule has 0 radical (unpaired) electrons. The lowest BCUT2D eigenvalue weighted by Crippen LogP contribution is -2.03. The van der Waals surface area contributed by atoms with Crippen molar-refractivity contribution in [3.8, 4) is 33.8 Å². The molecule has 0 bridgehead atoms. The van der Waals surface area contributed by atoms with Gasteiger partial charge >= 0.3 is 0 Å². The first-order chi connectivity index (χ1) is 16.7. The lowest BCUT2D eigenvalue weighted by atomic mass is 9.98. The van der Waals surface area contributed by atoms with Crippen molar-refractivity contribution in [3.63, 3.8) is 0 Å². The van der Waals surface area contributed by atoms with Crippen molar-refractivity contribution >= 4 is 0 Å². The fraction of sp³-hybridized carbons (Fsp3) is 0.0714. The molecule has 0 aliphatic rings. The van der Waals surface area contributed by atoms with Crippen LogP contribution in [0.4, 0.5) is 17.6 Å². The quantitative estimate of drug-likeness (QED) is 0.152. The second kappa shape index (κ2) is 12.3. The number of aromatic hydroxyl groups is 1. The van der Waals surface area contributed by atoms with Crippen LogP contribution in [-0.2, 0) is 4.74 Å². The molecule has 182 valence electrons. The molecule has 0 aromatic heterocycles. The van der Waals surface area contributed by atoms with Gasteiger partial charge < -0.3 is 14.6 Å². The average molecular weight is 484 g/mol. The van der Waals surface area contributed by atoms with Crippen LogP contribution >= 0.6 is 0 Å². The molecule has 1 N–H and O–H groups in total. The molecule has 3 aromatic rings. The van der Waals surface area contributed by atoms with Crippen LogP contribution in [0.25, 0.3) is 22.3 Å². The van der Waals surface area contributed by atoms with E-state index in [9.17, 15) is 22.7 Å². The monoisotopic (exact) mass is 484 g/mol. The van der Waals surface area contributed by atoms with Crippen molar-refractivity contribution in [1.82, 2.24) is 0 Å². The van der Waals surface area contributed by atoms with Gasteiger partial charge in [-0.05, 0) is 35.4 Å². The number of ether oxygens (including phenoxy) is 2. The first-order valence-corrected chi connectivity index (χ1v) is 10.2. The average Bonchev–Trinajstić information content (AvgIpc) is 2.89. The molecule has 7 heteroatoms. The number of rotatable bonds is 8. The number of phenols is 1. The summed E-state index contributed by atoms with van der Waals surface area (Å²) in [6, 6.07) is 14.6. The van der Waals surface area contributed by atoms with Gasteiger partial charge in [0.2, 0.25) is 0 Å². The third kappa shape index (κ3) is 6.41. The zero-order valence-corrected chi connectivity index (χ0v) is 19.1. The van der Waals surface area contributed by atoms with Gasteiger partial charge in [-0.2, -0.15) is 4.39 Å². The summed E-state index contributed by atoms with van der Waals surface area (Å²) in [7, 11) is 1.16. The number of hydrogen-bond donors (Lipinski definition) is 1. The fourth-order valence-corrected chi connectivity index (χ4v) is 2.97. The molecule has 0 saturated heterocycles. The maximum Gasteiger partial charge on any atom is 0.200 e. The Kier molecular flexibility index (Phi) is 9.46. The highest BCUT2D eigenvalue weighted by atomic mass is 19.2. The van der Waals surface area contributed by atoms with Crippen molar-refractivity contribution in [1.29, 1.82) is 0 Å². The van der Waals surface area contributed by atoms with Crippen molar-refractivity contribution in [2.75, 3.05) is 13.7 Å². The smallest absolute Gasteiger partial charge is 0.200 e. The summed E-state index contributed by atoms with van der Waals surface area (Å²) in [5.41, 5.74) is 0.663. The van der Waals surface area contributed by atoms with Crippen molar-refractivity contribution in [2.24, 2.45) is 0 Å². The van der Waals surface area contributed by atoms with E-state index >= 15 is 0 Å². The van der Waals surface area contributed by atoms with Crippen molar-refractivity contribution < 1.29 is 32.1 Å². The highest BCUT2D eigenvalue weighted by Gasteiger charge is 2.17. The molecule has 0 heterocycles. The van der Waals surface area contributed by atoms with Gasteiger partial charge in [0.1, 0.15) is 23.9 Å². The number of methoxy groups -OCH3 is 1. The molecule has 0 aliphatic heterocycles. The fourth-order valence-electron chi connectivity index (χ4n) is 2.97. The van der Waals surface area contributed by atoms with E-state index in [1.807, 2.05) is 0 Å². The normalized spacial score (nSPS) is 11.0. The van der Waals surface area contributed by atoms with Gasteiger partial charge in [0, 0.05) is 16.7 Å². The minimum Gasteiger partial charge on any atom is -0.508 e. The SMILES string of the molecule is C=C.C=C(COc1ccc(-c2ccc(-c3ccc(O)cc3)c(F)c2F)cc1)/C(F)=C(/F)C(=C)OC. The Labute approximate surface area is 201 Å². The maximum absolute atomic E-state index is 14.8. The van der Waals surface area contributed by atoms with Crippen LogP contribution in [0.3, 0.4) is 0 Å². The minimum atomic E-state index is -1.27. The summed E-state index contributed by atoms with van der Waals surface area (Å²) in [4.78, 5) is 0. The molecule has 3 rings (SSSR count). The zero-order chi connectivity index (χ0) is 26.1. The third-order valence-corrected chi connectivity index (χ3v) is 4.83. The lowest BCUT2D eigenvalue weighted by Gasteiger charge is -2.11. The van der Waals surface area contributed by atoms with E-state index in [-0.39, 0.29) is 29.1 Å². The van der Waals surface area contributed by atoms with Gasteiger partial charge in [0.25, 0.3) is 0 Å². The number of allylic oxidation sites excluding steroid dienone is 1. The third-order valence-electron chi connectivity index (χ3n) is 4.83. The van der Waals surface area contributed by atoms with E-state index < -0.39 is 29.0 Å². The van der Waals surface area contributed by atoms with Crippen molar-refractivity contribution in [3.05, 3.63) is 122 Å². The van der Waals surface area contributed by atoms with Gasteiger partial charge in [-0.15, -0.1) is 13.2 Å². The van der Waals surface area contributed by atoms with Gasteiger partial charge in [-0.25, -0.2) is 13.2 Å². The lowest BCUT2D eigenvalue weighted by molar-refractivity contribution is 0.279. The summed E-state index contributed by atoms with van der Waals surface area (Å²) in [6.45, 7) is 12.3. The molecule has 3 aromatic carbocycles. The summed E-state index contributed by atoms with van der Waals surface area (Å²) < 4.78 is 67.1. The molecule has 0 amide bonds. The van der Waals surface area contributed by atoms with E-state index in [4.69, 9.17) is 4.74 Å². The molecular formula is C28H24F4O3. The first-order valence-electron chi connectivity index (χ1n) is 10.2. The number of benzene rings is 3. The minimum absolute atomic E-state index is 0.0199. The van der Waals surface area contributed by atoms with Crippen LogP contribution < -0.4 is 4.74 Å². The van der Waals surface area contributed by atoms with Crippen LogP contribution in [-0.4, -0.2) is 18.8 Å². The van der Waals surface area contributed by atoms with E-state index in [0.29, 0.717) is 16.9 Å². The molecule has 0 unspecified atom stereocenters. The second-order valence-electron chi connectivity index (χ2n) is 7.01. The predicted molar refractivity (Wildman–Crippen MR) is 130 cm³/mol. The zero-order valence-electron chi connectivity index (χ0n) is 19.1. The Balaban J connectivity index is 0.00000210. The summed E-state index contributed by atoms with van der Waals surface area (Å²) >= 11 is 0. The topological polar surface area (TPSA) is 38.7 Å². The maximum atomic E-state index is 14.8. The van der Waals surface area contributed by atoms with E-state index in [0.717, 1.165) is 7.11 Å². The largest absolute Gasteiger partial charge is 0.508 e. The van der Waals surface area contributed by atoms with E-state index in [1.54, 1.807) is 0 Å². The molecule has 0 aliphatic carbocycles.